The SMILES string of the molecule is C[C@H]1CCN(C(=O)c2cc(C3CC3)on2)[C@H](C(=O)O)C1. The molecule has 0 aromatic carbocycles. The number of rotatable bonds is 3. The van der Waals surface area contributed by atoms with Gasteiger partial charge in [0.2, 0.25) is 0 Å². The van der Waals surface area contributed by atoms with E-state index in [1.807, 2.05) is 6.92 Å². The van der Waals surface area contributed by atoms with E-state index in [-0.39, 0.29) is 11.6 Å². The van der Waals surface area contributed by atoms with Crippen molar-refractivity contribution in [1.82, 2.24) is 10.1 Å². The highest BCUT2D eigenvalue weighted by Crippen LogP contribution is 2.40. The van der Waals surface area contributed by atoms with Crippen molar-refractivity contribution in [2.24, 2.45) is 5.92 Å². The zero-order chi connectivity index (χ0) is 14.3. The molecule has 0 spiro atoms. The fourth-order valence-corrected chi connectivity index (χ4v) is 2.72. The van der Waals surface area contributed by atoms with Gasteiger partial charge in [0.15, 0.2) is 5.69 Å². The van der Waals surface area contributed by atoms with Crippen molar-refractivity contribution in [3.8, 4) is 0 Å². The van der Waals surface area contributed by atoms with Gasteiger partial charge in [-0.2, -0.15) is 0 Å². The van der Waals surface area contributed by atoms with Crippen molar-refractivity contribution >= 4 is 11.9 Å². The number of carbonyl (C=O) groups is 2. The molecule has 1 amide bonds. The fraction of sp³-hybridized carbons (Fsp3) is 0.643. The van der Waals surface area contributed by atoms with Gasteiger partial charge in [-0.1, -0.05) is 12.1 Å². The Morgan fingerprint density at radius 1 is 1.40 bits per heavy atom. The van der Waals surface area contributed by atoms with E-state index >= 15 is 0 Å². The van der Waals surface area contributed by atoms with Crippen molar-refractivity contribution in [3.05, 3.63) is 17.5 Å². The van der Waals surface area contributed by atoms with Gasteiger partial charge in [0.05, 0.1) is 0 Å². The molecule has 108 valence electrons. The molecular weight excluding hydrogens is 260 g/mol. The van der Waals surface area contributed by atoms with Crippen molar-refractivity contribution in [2.75, 3.05) is 6.54 Å². The van der Waals surface area contributed by atoms with Gasteiger partial charge >= 0.3 is 5.97 Å². The van der Waals surface area contributed by atoms with Crippen LogP contribution in [0.3, 0.4) is 0 Å². The average molecular weight is 278 g/mol. The largest absolute Gasteiger partial charge is 0.480 e. The Balaban J connectivity index is 1.78. The minimum atomic E-state index is -0.948. The summed E-state index contributed by atoms with van der Waals surface area (Å²) in [5.41, 5.74) is 0.229. The molecule has 2 heterocycles. The van der Waals surface area contributed by atoms with Gasteiger partial charge in [-0.15, -0.1) is 0 Å². The number of piperidine rings is 1. The summed E-state index contributed by atoms with van der Waals surface area (Å²) < 4.78 is 5.17. The van der Waals surface area contributed by atoms with Crippen LogP contribution in [0.4, 0.5) is 0 Å². The maximum absolute atomic E-state index is 12.4. The van der Waals surface area contributed by atoms with E-state index in [0.717, 1.165) is 25.0 Å². The number of aliphatic carboxylic acids is 1. The Morgan fingerprint density at radius 3 is 2.80 bits per heavy atom. The van der Waals surface area contributed by atoms with E-state index in [9.17, 15) is 14.7 Å². The number of carbonyl (C=O) groups excluding carboxylic acids is 1. The number of carboxylic acids is 1. The summed E-state index contributed by atoms with van der Waals surface area (Å²) in [5, 5.41) is 13.1. The predicted molar refractivity (Wildman–Crippen MR) is 69.3 cm³/mol. The number of amides is 1. The van der Waals surface area contributed by atoms with Crippen LogP contribution in [0.25, 0.3) is 0 Å². The van der Waals surface area contributed by atoms with Crippen molar-refractivity contribution in [2.45, 2.75) is 44.6 Å². The maximum atomic E-state index is 12.4. The number of likely N-dealkylation sites (tertiary alicyclic amines) is 1. The molecular formula is C14H18N2O4. The smallest absolute Gasteiger partial charge is 0.326 e. The highest BCUT2D eigenvalue weighted by atomic mass is 16.5. The van der Waals surface area contributed by atoms with Crippen LogP contribution >= 0.6 is 0 Å². The standard InChI is InChI=1S/C14H18N2O4/c1-8-4-5-16(11(6-8)14(18)19)13(17)10-7-12(20-15-10)9-2-3-9/h7-9,11H,2-6H2,1H3,(H,18,19)/t8-,11-/m0/s1. The number of nitrogens with zero attached hydrogens (tertiary/aromatic N) is 2. The Hall–Kier alpha value is -1.85. The Morgan fingerprint density at radius 2 is 2.15 bits per heavy atom. The number of hydrogen-bond acceptors (Lipinski definition) is 4. The zero-order valence-electron chi connectivity index (χ0n) is 11.4. The average Bonchev–Trinajstić information content (AvgIpc) is 3.15. The van der Waals surface area contributed by atoms with Gasteiger partial charge in [-0.3, -0.25) is 4.79 Å². The maximum Gasteiger partial charge on any atom is 0.326 e. The summed E-state index contributed by atoms with van der Waals surface area (Å²) in [4.78, 5) is 25.2. The summed E-state index contributed by atoms with van der Waals surface area (Å²) in [6.45, 7) is 2.47. The van der Waals surface area contributed by atoms with Gasteiger partial charge < -0.3 is 14.5 Å². The predicted octanol–water partition coefficient (Wildman–Crippen LogP) is 1.88. The van der Waals surface area contributed by atoms with Crippen LogP contribution in [0, 0.1) is 5.92 Å². The first-order valence-corrected chi connectivity index (χ1v) is 7.06. The Bertz CT molecular complexity index is 535. The monoisotopic (exact) mass is 278 g/mol. The number of aromatic nitrogens is 1. The summed E-state index contributed by atoms with van der Waals surface area (Å²) in [5.74, 6) is 0.168. The van der Waals surface area contributed by atoms with Crippen LogP contribution in [0.2, 0.25) is 0 Å². The van der Waals surface area contributed by atoms with E-state index in [1.165, 1.54) is 4.90 Å². The van der Waals surface area contributed by atoms with Crippen molar-refractivity contribution in [1.29, 1.82) is 0 Å². The Labute approximate surface area is 116 Å². The normalized spacial score (nSPS) is 26.6. The first kappa shape index (κ1) is 13.1. The molecule has 1 saturated carbocycles. The van der Waals surface area contributed by atoms with E-state index in [4.69, 9.17) is 4.52 Å². The molecule has 2 atom stereocenters. The van der Waals surface area contributed by atoms with Gasteiger partial charge in [-0.25, -0.2) is 4.79 Å². The molecule has 0 radical (unpaired) electrons. The minimum Gasteiger partial charge on any atom is -0.480 e. The molecule has 2 aliphatic rings. The third-order valence-corrected chi connectivity index (χ3v) is 4.14. The lowest BCUT2D eigenvalue weighted by molar-refractivity contribution is -0.144. The lowest BCUT2D eigenvalue weighted by atomic mass is 9.92. The van der Waals surface area contributed by atoms with Crippen LogP contribution < -0.4 is 0 Å². The van der Waals surface area contributed by atoms with Crippen LogP contribution in [0.5, 0.6) is 0 Å². The molecule has 0 unspecified atom stereocenters. The third kappa shape index (κ3) is 2.42. The molecule has 1 N–H and O–H groups in total. The summed E-state index contributed by atoms with van der Waals surface area (Å²) in [6.07, 6.45) is 3.46. The van der Waals surface area contributed by atoms with Crippen LogP contribution in [-0.4, -0.2) is 39.6 Å². The molecule has 2 fully saturated rings. The number of hydrogen-bond donors (Lipinski definition) is 1. The van der Waals surface area contributed by atoms with Crippen LogP contribution in [-0.2, 0) is 4.79 Å². The molecule has 1 saturated heterocycles. The van der Waals surface area contributed by atoms with Gasteiger partial charge in [-0.05, 0) is 31.6 Å². The van der Waals surface area contributed by atoms with Crippen molar-refractivity contribution in [3.63, 3.8) is 0 Å². The van der Waals surface area contributed by atoms with Crippen LogP contribution in [0.1, 0.15) is 54.8 Å². The van der Waals surface area contributed by atoms with Crippen molar-refractivity contribution < 1.29 is 19.2 Å². The zero-order valence-corrected chi connectivity index (χ0v) is 11.4. The molecule has 0 bridgehead atoms. The second-order valence-corrected chi connectivity index (χ2v) is 5.87. The molecule has 1 aromatic heterocycles. The topological polar surface area (TPSA) is 83.6 Å². The van der Waals surface area contributed by atoms with E-state index < -0.39 is 12.0 Å². The first-order chi connectivity index (χ1) is 9.56. The third-order valence-electron chi connectivity index (χ3n) is 4.14. The molecule has 1 aliphatic heterocycles. The summed E-state index contributed by atoms with van der Waals surface area (Å²) >= 11 is 0. The molecule has 1 aromatic rings. The fourth-order valence-electron chi connectivity index (χ4n) is 2.72. The van der Waals surface area contributed by atoms with Gasteiger partial charge in [0.25, 0.3) is 5.91 Å². The Kier molecular flexibility index (Phi) is 3.23. The lowest BCUT2D eigenvalue weighted by Crippen LogP contribution is -2.49. The van der Waals surface area contributed by atoms with E-state index in [2.05, 4.69) is 5.16 Å². The molecule has 6 nitrogen and oxygen atoms in total. The highest BCUT2D eigenvalue weighted by molar-refractivity contribution is 5.95. The molecule has 20 heavy (non-hydrogen) atoms. The second kappa shape index (κ2) is 4.92. The quantitative estimate of drug-likeness (QED) is 0.912. The van der Waals surface area contributed by atoms with E-state index in [1.54, 1.807) is 6.07 Å². The molecule has 6 heteroatoms. The minimum absolute atomic E-state index is 0.229. The summed E-state index contributed by atoms with van der Waals surface area (Å²) in [6, 6.07) is 0.907. The van der Waals surface area contributed by atoms with Gasteiger partial charge in [0.1, 0.15) is 11.8 Å². The highest BCUT2D eigenvalue weighted by Gasteiger charge is 2.37. The second-order valence-electron chi connectivity index (χ2n) is 5.87. The molecule has 1 aliphatic carbocycles. The van der Waals surface area contributed by atoms with Crippen LogP contribution in [0.15, 0.2) is 10.6 Å². The van der Waals surface area contributed by atoms with Gasteiger partial charge in [0, 0.05) is 18.5 Å². The molecule has 3 rings (SSSR count). The number of carboxylic acid groups (broad SMARTS) is 1. The first-order valence-electron chi connectivity index (χ1n) is 7.06. The lowest BCUT2D eigenvalue weighted by Gasteiger charge is -2.35. The summed E-state index contributed by atoms with van der Waals surface area (Å²) in [7, 11) is 0. The van der Waals surface area contributed by atoms with E-state index in [0.29, 0.717) is 24.8 Å².